The van der Waals surface area contributed by atoms with Crippen LogP contribution in [0.2, 0.25) is 6.82 Å². The van der Waals surface area contributed by atoms with Gasteiger partial charge in [0.15, 0.2) is 0 Å². The van der Waals surface area contributed by atoms with Gasteiger partial charge in [-0.2, -0.15) is 0 Å². The van der Waals surface area contributed by atoms with Crippen LogP contribution in [-0.2, 0) is 28.8 Å². The molecule has 24 heavy (non-hydrogen) atoms. The quantitative estimate of drug-likeness (QED) is 0.370. The van der Waals surface area contributed by atoms with E-state index in [1.165, 1.54) is 6.82 Å². The highest BCUT2D eigenvalue weighted by Gasteiger charge is 2.34. The predicted octanol–water partition coefficient (Wildman–Crippen LogP) is -0.216. The molecule has 0 aromatic rings. The van der Waals surface area contributed by atoms with Crippen molar-refractivity contribution in [1.29, 1.82) is 0 Å². The van der Waals surface area contributed by atoms with E-state index in [2.05, 4.69) is 5.23 Å². The van der Waals surface area contributed by atoms with Crippen molar-refractivity contribution >= 4 is 30.8 Å². The Kier molecular flexibility index (Phi) is 6.91. The van der Waals surface area contributed by atoms with Crippen LogP contribution in [0.3, 0.4) is 0 Å². The molecule has 1 heterocycles. The lowest BCUT2D eigenvalue weighted by atomic mass is 9.86. The van der Waals surface area contributed by atoms with Gasteiger partial charge in [0.25, 0.3) is 11.8 Å². The van der Waals surface area contributed by atoms with Crippen LogP contribution in [-0.4, -0.2) is 52.5 Å². The van der Waals surface area contributed by atoms with Crippen molar-refractivity contribution in [3.63, 3.8) is 0 Å². The third-order valence-electron chi connectivity index (χ3n) is 2.92. The number of ether oxygens (including phenoxy) is 1. The monoisotopic (exact) mass is 342 g/mol. The van der Waals surface area contributed by atoms with Crippen molar-refractivity contribution in [2.24, 2.45) is 0 Å². The zero-order valence-electron chi connectivity index (χ0n) is 14.3. The standard InChI is InChI=1S/C14H23BN2O7/c1-14(2,3)23-12(20)7-9(16-15(4)22)8-13(21)24-17-10(18)5-6-11(17)19/h9,16,22H,5-8H2,1-4H3/t9-/m1/s1. The van der Waals surface area contributed by atoms with E-state index < -0.39 is 42.4 Å². The molecule has 1 aliphatic rings. The third-order valence-corrected chi connectivity index (χ3v) is 2.92. The highest BCUT2D eigenvalue weighted by Crippen LogP contribution is 2.14. The van der Waals surface area contributed by atoms with Gasteiger partial charge in [-0.05, 0) is 27.6 Å². The number of hydroxylamine groups is 2. The van der Waals surface area contributed by atoms with Crippen molar-refractivity contribution in [1.82, 2.24) is 10.3 Å². The summed E-state index contributed by atoms with van der Waals surface area (Å²) in [6.07, 6.45) is -0.501. The normalized spacial score (nSPS) is 16.1. The summed E-state index contributed by atoms with van der Waals surface area (Å²) >= 11 is 0. The van der Waals surface area contributed by atoms with E-state index in [0.717, 1.165) is 0 Å². The van der Waals surface area contributed by atoms with Gasteiger partial charge < -0.3 is 19.8 Å². The van der Waals surface area contributed by atoms with Crippen LogP contribution in [0.15, 0.2) is 0 Å². The van der Waals surface area contributed by atoms with E-state index in [-0.39, 0.29) is 25.7 Å². The molecule has 1 fully saturated rings. The molecule has 10 heteroatoms. The minimum Gasteiger partial charge on any atom is -0.460 e. The Morgan fingerprint density at radius 2 is 1.71 bits per heavy atom. The molecule has 0 aliphatic carbocycles. The fraction of sp³-hybridized carbons (Fsp3) is 0.714. The van der Waals surface area contributed by atoms with Crippen molar-refractivity contribution in [2.45, 2.75) is 64.9 Å². The van der Waals surface area contributed by atoms with Crippen LogP contribution in [0.5, 0.6) is 0 Å². The number of hydrogen-bond donors (Lipinski definition) is 2. The van der Waals surface area contributed by atoms with Gasteiger partial charge >= 0.3 is 19.0 Å². The number of rotatable bonds is 7. The van der Waals surface area contributed by atoms with Crippen LogP contribution in [0.25, 0.3) is 0 Å². The molecule has 0 radical (unpaired) electrons. The molecule has 134 valence electrons. The molecular weight excluding hydrogens is 319 g/mol. The minimum atomic E-state index is -0.972. The number of esters is 1. The summed E-state index contributed by atoms with van der Waals surface area (Å²) in [4.78, 5) is 51.4. The summed E-state index contributed by atoms with van der Waals surface area (Å²) in [6.45, 7) is 6.56. The van der Waals surface area contributed by atoms with Gasteiger partial charge in [0.1, 0.15) is 5.60 Å². The van der Waals surface area contributed by atoms with Crippen molar-refractivity contribution < 1.29 is 33.8 Å². The second kappa shape index (κ2) is 8.25. The highest BCUT2D eigenvalue weighted by atomic mass is 16.7. The minimum absolute atomic E-state index is 0.000620. The maximum absolute atomic E-state index is 11.9. The number of nitrogens with zero attached hydrogens (tertiary/aromatic N) is 1. The molecule has 1 rings (SSSR count). The molecule has 1 aliphatic heterocycles. The Labute approximate surface area is 140 Å². The first kappa shape index (κ1) is 20.1. The molecule has 0 saturated carbocycles. The lowest BCUT2D eigenvalue weighted by Gasteiger charge is -2.23. The SMILES string of the molecule is CB(O)N[C@@H](CC(=O)ON1C(=O)CCC1=O)CC(=O)OC(C)(C)C. The summed E-state index contributed by atoms with van der Waals surface area (Å²) in [5, 5.41) is 12.5. The lowest BCUT2D eigenvalue weighted by Crippen LogP contribution is -2.44. The number of carbonyl (C=O) groups is 4. The van der Waals surface area contributed by atoms with Crippen molar-refractivity contribution in [3.05, 3.63) is 0 Å². The third kappa shape index (κ3) is 7.09. The Morgan fingerprint density at radius 3 is 2.17 bits per heavy atom. The number of nitrogens with one attached hydrogen (secondary N) is 1. The largest absolute Gasteiger partial charge is 0.460 e. The van der Waals surface area contributed by atoms with Crippen LogP contribution < -0.4 is 5.23 Å². The summed E-state index contributed by atoms with van der Waals surface area (Å²) in [6, 6.07) is -0.764. The second-order valence-electron chi connectivity index (χ2n) is 6.58. The smallest absolute Gasteiger partial charge is 0.373 e. The van der Waals surface area contributed by atoms with E-state index in [4.69, 9.17) is 9.57 Å². The summed E-state index contributed by atoms with van der Waals surface area (Å²) in [5.74, 6) is -2.58. The molecule has 0 bridgehead atoms. The van der Waals surface area contributed by atoms with E-state index in [1.807, 2.05) is 0 Å². The maximum atomic E-state index is 11.9. The van der Waals surface area contributed by atoms with Gasteiger partial charge in [0.05, 0.1) is 12.8 Å². The van der Waals surface area contributed by atoms with E-state index in [0.29, 0.717) is 5.06 Å². The lowest BCUT2D eigenvalue weighted by molar-refractivity contribution is -0.197. The molecule has 0 aromatic carbocycles. The Bertz CT molecular complexity index is 500. The van der Waals surface area contributed by atoms with E-state index in [1.54, 1.807) is 20.8 Å². The van der Waals surface area contributed by atoms with Crippen LogP contribution in [0.1, 0.15) is 46.5 Å². The average Bonchev–Trinajstić information content (AvgIpc) is 2.67. The molecule has 0 aromatic heterocycles. The Morgan fingerprint density at radius 1 is 1.21 bits per heavy atom. The summed E-state index contributed by atoms with van der Waals surface area (Å²) < 4.78 is 5.17. The molecule has 0 unspecified atom stereocenters. The van der Waals surface area contributed by atoms with Crippen LogP contribution >= 0.6 is 0 Å². The number of hydrogen-bond acceptors (Lipinski definition) is 8. The molecule has 2 amide bonds. The van der Waals surface area contributed by atoms with Gasteiger partial charge in [0, 0.05) is 18.9 Å². The van der Waals surface area contributed by atoms with Gasteiger partial charge in [-0.25, -0.2) is 4.79 Å². The van der Waals surface area contributed by atoms with E-state index in [9.17, 15) is 24.2 Å². The van der Waals surface area contributed by atoms with Crippen molar-refractivity contribution in [2.75, 3.05) is 0 Å². The van der Waals surface area contributed by atoms with Gasteiger partial charge in [-0.15, -0.1) is 5.06 Å². The Balaban J connectivity index is 2.61. The molecule has 1 atom stereocenters. The molecule has 1 saturated heterocycles. The van der Waals surface area contributed by atoms with Crippen LogP contribution in [0, 0.1) is 0 Å². The van der Waals surface area contributed by atoms with Gasteiger partial charge in [0.2, 0.25) is 0 Å². The molecule has 2 N–H and O–H groups in total. The first-order valence-electron chi connectivity index (χ1n) is 7.70. The zero-order valence-corrected chi connectivity index (χ0v) is 14.3. The second-order valence-corrected chi connectivity index (χ2v) is 6.58. The van der Waals surface area contributed by atoms with Crippen LogP contribution in [0.4, 0.5) is 0 Å². The maximum Gasteiger partial charge on any atom is 0.373 e. The molecular formula is C14H23BN2O7. The number of imide groups is 1. The Hall–Kier alpha value is -1.94. The first-order valence-corrected chi connectivity index (χ1v) is 7.70. The first-order chi connectivity index (χ1) is 11.0. The van der Waals surface area contributed by atoms with Gasteiger partial charge in [-0.1, -0.05) is 0 Å². The number of amides is 2. The topological polar surface area (TPSA) is 122 Å². The van der Waals surface area contributed by atoms with Crippen molar-refractivity contribution in [3.8, 4) is 0 Å². The zero-order chi connectivity index (χ0) is 18.5. The summed E-state index contributed by atoms with van der Waals surface area (Å²) in [7, 11) is -0.972. The molecule has 0 spiro atoms. The fourth-order valence-corrected chi connectivity index (χ4v) is 2.11. The average molecular weight is 342 g/mol. The highest BCUT2D eigenvalue weighted by molar-refractivity contribution is 6.45. The predicted molar refractivity (Wildman–Crippen MR) is 83.0 cm³/mol. The molecule has 9 nitrogen and oxygen atoms in total. The van der Waals surface area contributed by atoms with Gasteiger partial charge in [-0.3, -0.25) is 14.4 Å². The fourth-order valence-electron chi connectivity index (χ4n) is 2.11. The van der Waals surface area contributed by atoms with E-state index >= 15 is 0 Å². The number of carbonyl (C=O) groups excluding carboxylic acids is 4. The summed E-state index contributed by atoms with van der Waals surface area (Å²) in [5.41, 5.74) is -0.679.